The first-order chi connectivity index (χ1) is 31.6. The van der Waals surface area contributed by atoms with Gasteiger partial charge in [-0.25, -0.2) is 4.79 Å². The molecular weight excluding hydrogens is 869 g/mol. The number of nitrogens with one attached hydrogen (secondary N) is 5. The number of imide groups is 1. The smallest absolute Gasteiger partial charge is 0.333 e. The van der Waals surface area contributed by atoms with E-state index >= 15 is 0 Å². The highest BCUT2D eigenvalue weighted by Gasteiger charge is 2.36. The molecule has 22 nitrogen and oxygen atoms in total. The highest BCUT2D eigenvalue weighted by molar-refractivity contribution is 6.01. The molecule has 3 fully saturated rings. The normalized spacial score (nSPS) is 23.5. The molecule has 0 aromatic carbocycles. The van der Waals surface area contributed by atoms with E-state index in [0.717, 1.165) is 6.42 Å². The highest BCUT2D eigenvalue weighted by atomic mass is 16.7. The molecule has 66 heavy (non-hydrogen) atoms. The van der Waals surface area contributed by atoms with Gasteiger partial charge in [0.05, 0.1) is 31.5 Å². The summed E-state index contributed by atoms with van der Waals surface area (Å²) in [7, 11) is 0. The second-order valence-corrected chi connectivity index (χ2v) is 17.0. The standard InChI is InChI=1S/C44H74N6O16/c1-29-18-19-32(51)43(64-29)62-26-24-46-35(54)14-6-5-13-34(53)45-22-11-9-12-31(42(61)48-23-10-3-4-17-40(59)66-50-38(57)20-21-39(50)58)49-37(56)16-8-7-15-36(55)47-25-27-63-44-41(60)33(52)28-30(2)65-44/h29-33,41,43-44,51-52,60H,3-28H2,1-2H3,(H,45,53)(H,46,54)(H,47,55)(H,48,61)(H,49,56)/t29-,30-,31-,32-,33+,41-,43+,44+/m0/s1. The molecule has 0 spiro atoms. The van der Waals surface area contributed by atoms with Gasteiger partial charge in [-0.05, 0) is 84.5 Å². The molecule has 0 radical (unpaired) electrons. The minimum absolute atomic E-state index is 0.00453. The number of unbranched alkanes of at least 4 members (excludes halogenated alkanes) is 5. The number of carbonyl (C=O) groups excluding carboxylic acids is 8. The Labute approximate surface area is 386 Å². The van der Waals surface area contributed by atoms with Crippen LogP contribution >= 0.6 is 0 Å². The molecule has 0 bridgehead atoms. The number of ether oxygens (including phenoxy) is 4. The van der Waals surface area contributed by atoms with Crippen molar-refractivity contribution in [3.63, 3.8) is 0 Å². The van der Waals surface area contributed by atoms with E-state index in [4.69, 9.17) is 23.8 Å². The van der Waals surface area contributed by atoms with Gasteiger partial charge in [0.15, 0.2) is 12.6 Å². The summed E-state index contributed by atoms with van der Waals surface area (Å²) in [6.07, 6.45) is 2.23. The molecule has 22 heteroatoms. The van der Waals surface area contributed by atoms with Crippen LogP contribution in [-0.4, -0.2) is 156 Å². The zero-order valence-corrected chi connectivity index (χ0v) is 38.6. The maximum Gasteiger partial charge on any atom is 0.333 e. The van der Waals surface area contributed by atoms with E-state index in [0.29, 0.717) is 88.7 Å². The number of aliphatic hydroxyl groups excluding tert-OH is 3. The van der Waals surface area contributed by atoms with Crippen molar-refractivity contribution in [3.8, 4) is 0 Å². The van der Waals surface area contributed by atoms with Gasteiger partial charge in [-0.2, -0.15) is 0 Å². The van der Waals surface area contributed by atoms with Crippen molar-refractivity contribution in [1.82, 2.24) is 31.6 Å². The van der Waals surface area contributed by atoms with Crippen LogP contribution < -0.4 is 26.6 Å². The van der Waals surface area contributed by atoms with E-state index in [-0.39, 0.29) is 114 Å². The largest absolute Gasteiger partial charge is 0.390 e. The van der Waals surface area contributed by atoms with Crippen LogP contribution in [0.5, 0.6) is 0 Å². The molecule has 3 saturated heterocycles. The Balaban J connectivity index is 1.30. The van der Waals surface area contributed by atoms with Gasteiger partial charge in [-0.1, -0.05) is 6.42 Å². The van der Waals surface area contributed by atoms with Gasteiger partial charge >= 0.3 is 5.97 Å². The van der Waals surface area contributed by atoms with E-state index in [9.17, 15) is 53.7 Å². The monoisotopic (exact) mass is 943 g/mol. The van der Waals surface area contributed by atoms with Crippen LogP contribution in [0.15, 0.2) is 0 Å². The average Bonchev–Trinajstić information content (AvgIpc) is 3.59. The maximum atomic E-state index is 13.2. The summed E-state index contributed by atoms with van der Waals surface area (Å²) >= 11 is 0. The molecule has 0 aliphatic carbocycles. The lowest BCUT2D eigenvalue weighted by Gasteiger charge is -2.35. The molecule has 0 aromatic rings. The molecule has 0 aromatic heterocycles. The van der Waals surface area contributed by atoms with Crippen molar-refractivity contribution < 1.29 is 77.5 Å². The van der Waals surface area contributed by atoms with Crippen molar-refractivity contribution >= 4 is 47.3 Å². The zero-order chi connectivity index (χ0) is 48.3. The van der Waals surface area contributed by atoms with Crippen LogP contribution in [0, 0.1) is 0 Å². The van der Waals surface area contributed by atoms with Crippen LogP contribution in [-0.2, 0) is 62.1 Å². The van der Waals surface area contributed by atoms with Gasteiger partial charge in [0.1, 0.15) is 18.2 Å². The third-order valence-corrected chi connectivity index (χ3v) is 11.1. The number of nitrogens with zero attached hydrogens (tertiary/aromatic N) is 1. The summed E-state index contributed by atoms with van der Waals surface area (Å²) in [5, 5.41) is 44.3. The predicted molar refractivity (Wildman–Crippen MR) is 233 cm³/mol. The number of aliphatic hydroxyl groups is 3. The van der Waals surface area contributed by atoms with Gasteiger partial charge < -0.3 is 65.7 Å². The summed E-state index contributed by atoms with van der Waals surface area (Å²) in [4.78, 5) is 103. The SMILES string of the molecule is C[C@H]1C[C@@H](O)[C@H](O)[C@H](OCCNC(=O)CCCCC(=O)N[C@@H](CCCCNC(=O)CCCCC(=O)NCCO[C@@H]2O[C@@H](C)CC[C@@H]2O)C(=O)NCCCCCC(=O)ON2C(=O)CCC2=O)O1. The van der Waals surface area contributed by atoms with E-state index in [2.05, 4.69) is 26.6 Å². The summed E-state index contributed by atoms with van der Waals surface area (Å²) < 4.78 is 22.1. The van der Waals surface area contributed by atoms with Crippen LogP contribution in [0.4, 0.5) is 0 Å². The fourth-order valence-electron chi connectivity index (χ4n) is 7.33. The zero-order valence-electron chi connectivity index (χ0n) is 38.6. The number of hydrogen-bond acceptors (Lipinski definition) is 16. The van der Waals surface area contributed by atoms with Gasteiger partial charge in [-0.3, -0.25) is 33.6 Å². The molecule has 3 aliphatic heterocycles. The van der Waals surface area contributed by atoms with Crippen molar-refractivity contribution in [2.75, 3.05) is 39.4 Å². The molecule has 0 unspecified atom stereocenters. The molecular formula is C44H74N6O16. The second-order valence-electron chi connectivity index (χ2n) is 17.0. The van der Waals surface area contributed by atoms with Crippen LogP contribution in [0.25, 0.3) is 0 Å². The van der Waals surface area contributed by atoms with Crippen molar-refractivity contribution in [3.05, 3.63) is 0 Å². The van der Waals surface area contributed by atoms with Gasteiger partial charge in [0.25, 0.3) is 11.8 Å². The fraction of sp³-hybridized carbons (Fsp3) is 0.818. The Kier molecular flexibility index (Phi) is 26.8. The molecule has 3 rings (SSSR count). The minimum Gasteiger partial charge on any atom is -0.390 e. The first kappa shape index (κ1) is 56.0. The van der Waals surface area contributed by atoms with Crippen LogP contribution in [0.1, 0.15) is 142 Å². The molecule has 3 aliphatic rings. The lowest BCUT2D eigenvalue weighted by atomic mass is 10.0. The number of hydrogen-bond donors (Lipinski definition) is 8. The average molecular weight is 943 g/mol. The van der Waals surface area contributed by atoms with E-state index in [1.165, 1.54) is 0 Å². The number of carbonyl (C=O) groups is 8. The third kappa shape index (κ3) is 22.9. The third-order valence-electron chi connectivity index (χ3n) is 11.1. The minimum atomic E-state index is -1.18. The molecule has 8 N–H and O–H groups in total. The van der Waals surface area contributed by atoms with Crippen LogP contribution in [0.3, 0.4) is 0 Å². The molecule has 3 heterocycles. The Bertz CT molecular complexity index is 1540. The summed E-state index contributed by atoms with van der Waals surface area (Å²) in [6, 6.07) is -0.855. The summed E-state index contributed by atoms with van der Waals surface area (Å²) in [6.45, 7) is 5.01. The predicted octanol–water partition coefficient (Wildman–Crippen LogP) is 0.171. The van der Waals surface area contributed by atoms with Crippen molar-refractivity contribution in [2.24, 2.45) is 0 Å². The molecule has 8 atom stereocenters. The highest BCUT2D eigenvalue weighted by Crippen LogP contribution is 2.22. The Morgan fingerprint density at radius 3 is 1.74 bits per heavy atom. The van der Waals surface area contributed by atoms with Crippen LogP contribution in [0.2, 0.25) is 0 Å². The lowest BCUT2D eigenvalue weighted by Crippen LogP contribution is -2.49. The van der Waals surface area contributed by atoms with Gasteiger partial charge in [-0.15, -0.1) is 5.06 Å². The topological polar surface area (TPSA) is 307 Å². The summed E-state index contributed by atoms with van der Waals surface area (Å²) in [5.74, 6) is -3.13. The van der Waals surface area contributed by atoms with Gasteiger partial charge in [0, 0.05) is 77.5 Å². The van der Waals surface area contributed by atoms with E-state index in [1.54, 1.807) is 6.92 Å². The van der Waals surface area contributed by atoms with Crippen molar-refractivity contribution in [2.45, 2.75) is 191 Å². The maximum absolute atomic E-state index is 13.2. The Morgan fingerprint density at radius 1 is 0.606 bits per heavy atom. The second kappa shape index (κ2) is 31.6. The first-order valence-corrected chi connectivity index (χ1v) is 23.6. The molecule has 0 saturated carbocycles. The first-order valence-electron chi connectivity index (χ1n) is 23.6. The van der Waals surface area contributed by atoms with Gasteiger partial charge in [0.2, 0.25) is 29.5 Å². The summed E-state index contributed by atoms with van der Waals surface area (Å²) in [5.41, 5.74) is 0. The number of amides is 7. The quantitative estimate of drug-likeness (QED) is 0.0329. The number of hydroxylamine groups is 2. The lowest BCUT2D eigenvalue weighted by molar-refractivity contribution is -0.262. The van der Waals surface area contributed by atoms with E-state index in [1.807, 2.05) is 6.92 Å². The Morgan fingerprint density at radius 2 is 1.12 bits per heavy atom. The fourth-order valence-corrected chi connectivity index (χ4v) is 7.33. The Hall–Kier alpha value is -4.32. The number of rotatable bonds is 32. The molecule has 376 valence electrons. The molecule has 7 amide bonds. The van der Waals surface area contributed by atoms with Crippen molar-refractivity contribution in [1.29, 1.82) is 0 Å². The van der Waals surface area contributed by atoms with E-state index < -0.39 is 60.6 Å².